The van der Waals surface area contributed by atoms with E-state index in [1.165, 1.54) is 30.0 Å². The SMILES string of the molecule is CC(C)(C)SCC(=O)Nc1ccccc1SC(F)(F)F. The van der Waals surface area contributed by atoms with Crippen LogP contribution < -0.4 is 5.32 Å². The maximum atomic E-state index is 12.4. The van der Waals surface area contributed by atoms with E-state index in [0.29, 0.717) is 0 Å². The molecule has 0 saturated carbocycles. The van der Waals surface area contributed by atoms with Crippen molar-refractivity contribution in [1.82, 2.24) is 0 Å². The van der Waals surface area contributed by atoms with Crippen LogP contribution in [0.3, 0.4) is 0 Å². The number of thioether (sulfide) groups is 2. The van der Waals surface area contributed by atoms with Gasteiger partial charge in [-0.15, -0.1) is 11.8 Å². The molecule has 7 heteroatoms. The number of hydrogen-bond donors (Lipinski definition) is 1. The van der Waals surface area contributed by atoms with Gasteiger partial charge in [0, 0.05) is 9.64 Å². The zero-order valence-corrected chi connectivity index (χ0v) is 13.0. The van der Waals surface area contributed by atoms with Gasteiger partial charge in [-0.2, -0.15) is 13.2 Å². The van der Waals surface area contributed by atoms with Crippen LogP contribution in [-0.4, -0.2) is 21.9 Å². The third kappa shape index (κ3) is 7.09. The number of hydrogen-bond acceptors (Lipinski definition) is 3. The molecule has 112 valence electrons. The molecule has 1 rings (SSSR count). The maximum absolute atomic E-state index is 12.4. The van der Waals surface area contributed by atoms with E-state index in [2.05, 4.69) is 5.32 Å². The minimum absolute atomic E-state index is 0.00545. The number of anilines is 1. The van der Waals surface area contributed by atoms with Crippen molar-refractivity contribution >= 4 is 35.1 Å². The van der Waals surface area contributed by atoms with Gasteiger partial charge in [0.25, 0.3) is 0 Å². The standard InChI is InChI=1S/C13H16F3NOS2/c1-12(2,3)19-8-11(18)17-9-6-4-5-7-10(9)20-13(14,15)16/h4-7H,8H2,1-3H3,(H,17,18). The van der Waals surface area contributed by atoms with Crippen molar-refractivity contribution in [3.63, 3.8) is 0 Å². The van der Waals surface area contributed by atoms with E-state index in [4.69, 9.17) is 0 Å². The Morgan fingerprint density at radius 3 is 2.35 bits per heavy atom. The number of halogens is 3. The molecule has 0 aromatic heterocycles. The Hall–Kier alpha value is -0.820. The van der Waals surface area contributed by atoms with E-state index in [9.17, 15) is 18.0 Å². The van der Waals surface area contributed by atoms with Crippen LogP contribution >= 0.6 is 23.5 Å². The summed E-state index contributed by atoms with van der Waals surface area (Å²) in [5.41, 5.74) is -4.18. The van der Waals surface area contributed by atoms with Gasteiger partial charge in [0.1, 0.15) is 0 Å². The van der Waals surface area contributed by atoms with Crippen LogP contribution in [0.4, 0.5) is 18.9 Å². The quantitative estimate of drug-likeness (QED) is 0.809. The zero-order valence-electron chi connectivity index (χ0n) is 11.4. The molecular formula is C13H16F3NOS2. The number of carbonyl (C=O) groups excluding carboxylic acids is 1. The highest BCUT2D eigenvalue weighted by atomic mass is 32.2. The predicted molar refractivity (Wildman–Crippen MR) is 79.2 cm³/mol. The third-order valence-electron chi connectivity index (χ3n) is 2.02. The summed E-state index contributed by atoms with van der Waals surface area (Å²) in [6.07, 6.45) is 0. The molecule has 1 aromatic rings. The van der Waals surface area contributed by atoms with E-state index >= 15 is 0 Å². The first kappa shape index (κ1) is 17.2. The van der Waals surface area contributed by atoms with Crippen LogP contribution in [0.25, 0.3) is 0 Å². The van der Waals surface area contributed by atoms with Crippen molar-refractivity contribution in [3.8, 4) is 0 Å². The number of carbonyl (C=O) groups is 1. The highest BCUT2D eigenvalue weighted by Gasteiger charge is 2.30. The first-order valence-electron chi connectivity index (χ1n) is 5.85. The smallest absolute Gasteiger partial charge is 0.324 e. The predicted octanol–water partition coefficient (Wildman–Crippen LogP) is 4.77. The molecule has 0 aliphatic carbocycles. The maximum Gasteiger partial charge on any atom is 0.446 e. The molecule has 20 heavy (non-hydrogen) atoms. The van der Waals surface area contributed by atoms with E-state index in [1.54, 1.807) is 6.07 Å². The summed E-state index contributed by atoms with van der Waals surface area (Å²) in [4.78, 5) is 11.7. The van der Waals surface area contributed by atoms with Gasteiger partial charge >= 0.3 is 5.51 Å². The monoisotopic (exact) mass is 323 g/mol. The van der Waals surface area contributed by atoms with Gasteiger partial charge in [0.15, 0.2) is 0 Å². The third-order valence-corrected chi connectivity index (χ3v) is 4.10. The second-order valence-corrected chi connectivity index (χ2v) is 7.90. The van der Waals surface area contributed by atoms with Gasteiger partial charge in [0.2, 0.25) is 5.91 Å². The highest BCUT2D eigenvalue weighted by Crippen LogP contribution is 2.40. The molecule has 0 aliphatic heterocycles. The fourth-order valence-electron chi connectivity index (χ4n) is 1.25. The van der Waals surface area contributed by atoms with Crippen LogP contribution in [0.1, 0.15) is 20.8 Å². The fraction of sp³-hybridized carbons (Fsp3) is 0.462. The Bertz CT molecular complexity index is 469. The second kappa shape index (κ2) is 6.76. The lowest BCUT2D eigenvalue weighted by Crippen LogP contribution is -2.19. The molecule has 0 bridgehead atoms. The van der Waals surface area contributed by atoms with Gasteiger partial charge in [-0.1, -0.05) is 32.9 Å². The summed E-state index contributed by atoms with van der Waals surface area (Å²) in [5.74, 6) is -0.103. The molecule has 0 aliphatic rings. The zero-order chi connectivity index (χ0) is 15.4. The van der Waals surface area contributed by atoms with Gasteiger partial charge in [-0.05, 0) is 23.9 Å². The summed E-state index contributed by atoms with van der Waals surface area (Å²) >= 11 is 1.21. The first-order chi connectivity index (χ1) is 9.07. The molecule has 0 saturated heterocycles. The molecule has 1 amide bonds. The highest BCUT2D eigenvalue weighted by molar-refractivity contribution is 8.01. The molecule has 0 heterocycles. The summed E-state index contributed by atoms with van der Waals surface area (Å²) < 4.78 is 37.2. The Labute approximate surface area is 124 Å². The van der Waals surface area contributed by atoms with Crippen molar-refractivity contribution in [2.75, 3.05) is 11.1 Å². The average Bonchev–Trinajstić information content (AvgIpc) is 2.26. The van der Waals surface area contributed by atoms with E-state index in [-0.39, 0.29) is 38.8 Å². The van der Waals surface area contributed by atoms with Gasteiger partial charge in [0.05, 0.1) is 11.4 Å². The van der Waals surface area contributed by atoms with Crippen LogP contribution in [0, 0.1) is 0 Å². The minimum Gasteiger partial charge on any atom is -0.324 e. The number of alkyl halides is 3. The van der Waals surface area contributed by atoms with Crippen molar-refractivity contribution in [3.05, 3.63) is 24.3 Å². The lowest BCUT2D eigenvalue weighted by atomic mass is 10.3. The van der Waals surface area contributed by atoms with Crippen molar-refractivity contribution < 1.29 is 18.0 Å². The van der Waals surface area contributed by atoms with Gasteiger partial charge in [-0.3, -0.25) is 4.79 Å². The number of nitrogens with one attached hydrogen (secondary N) is 1. The lowest BCUT2D eigenvalue weighted by molar-refractivity contribution is -0.113. The molecule has 0 atom stereocenters. The molecule has 0 radical (unpaired) electrons. The number of para-hydroxylation sites is 1. The second-order valence-electron chi connectivity index (χ2n) is 4.99. The van der Waals surface area contributed by atoms with Crippen molar-refractivity contribution in [1.29, 1.82) is 0 Å². The number of rotatable bonds is 4. The van der Waals surface area contributed by atoms with Crippen molar-refractivity contribution in [2.45, 2.75) is 35.9 Å². The molecule has 0 unspecified atom stereocenters. The lowest BCUT2D eigenvalue weighted by Gasteiger charge is -2.17. The first-order valence-corrected chi connectivity index (χ1v) is 7.66. The molecule has 2 nitrogen and oxygen atoms in total. The average molecular weight is 323 g/mol. The molecule has 0 spiro atoms. The fourth-order valence-corrected chi connectivity index (χ4v) is 2.51. The normalized spacial score (nSPS) is 12.3. The van der Waals surface area contributed by atoms with Gasteiger partial charge < -0.3 is 5.32 Å². The van der Waals surface area contributed by atoms with E-state index in [1.807, 2.05) is 20.8 Å². The Morgan fingerprint density at radius 1 is 1.20 bits per heavy atom. The topological polar surface area (TPSA) is 29.1 Å². The van der Waals surface area contributed by atoms with E-state index < -0.39 is 5.51 Å². The summed E-state index contributed by atoms with van der Waals surface area (Å²) in [5, 5.41) is 2.53. The summed E-state index contributed by atoms with van der Waals surface area (Å²) in [6, 6.07) is 5.90. The van der Waals surface area contributed by atoms with Crippen LogP contribution in [0.2, 0.25) is 0 Å². The van der Waals surface area contributed by atoms with Crippen LogP contribution in [0.5, 0.6) is 0 Å². The molecule has 1 aromatic carbocycles. The molecular weight excluding hydrogens is 307 g/mol. The summed E-state index contributed by atoms with van der Waals surface area (Å²) in [6.45, 7) is 5.91. The summed E-state index contributed by atoms with van der Waals surface area (Å²) in [7, 11) is 0. The Balaban J connectivity index is 2.70. The van der Waals surface area contributed by atoms with Crippen LogP contribution in [0.15, 0.2) is 29.2 Å². The molecule has 0 fully saturated rings. The molecule has 1 N–H and O–H groups in total. The Kier molecular flexibility index (Phi) is 5.82. The van der Waals surface area contributed by atoms with Crippen LogP contribution in [-0.2, 0) is 4.79 Å². The largest absolute Gasteiger partial charge is 0.446 e. The van der Waals surface area contributed by atoms with Gasteiger partial charge in [-0.25, -0.2) is 0 Å². The minimum atomic E-state index is -4.37. The van der Waals surface area contributed by atoms with E-state index in [0.717, 1.165) is 0 Å². The van der Waals surface area contributed by atoms with Crippen molar-refractivity contribution in [2.24, 2.45) is 0 Å². The number of amides is 1. The number of benzene rings is 1. The Morgan fingerprint density at radius 2 is 1.80 bits per heavy atom.